The van der Waals surface area contributed by atoms with Gasteiger partial charge in [0.1, 0.15) is 0 Å². The molecule has 0 aliphatic heterocycles. The minimum absolute atomic E-state index is 0.0315. The van der Waals surface area contributed by atoms with E-state index < -0.39 is 5.82 Å². The molecule has 100 valence electrons. The lowest BCUT2D eigenvalue weighted by atomic mass is 10.2. The fourth-order valence-electron chi connectivity index (χ4n) is 1.26. The Morgan fingerprint density at radius 2 is 2.26 bits per heavy atom. The predicted octanol–water partition coefficient (Wildman–Crippen LogP) is 5.11. The van der Waals surface area contributed by atoms with Gasteiger partial charge in [0.2, 0.25) is 5.13 Å². The summed E-state index contributed by atoms with van der Waals surface area (Å²) < 4.78 is 14.3. The van der Waals surface area contributed by atoms with Gasteiger partial charge in [0.15, 0.2) is 5.82 Å². The average Bonchev–Trinajstić information content (AvgIpc) is 2.77. The lowest BCUT2D eigenvalue weighted by Gasteiger charge is -2.04. The molecule has 1 heterocycles. The summed E-state index contributed by atoms with van der Waals surface area (Å²) in [5.41, 5.74) is 3.71. The second-order valence-corrected chi connectivity index (χ2v) is 6.04. The Morgan fingerprint density at radius 1 is 1.53 bits per heavy atom. The zero-order valence-electron chi connectivity index (χ0n) is 9.55. The third-order valence-electron chi connectivity index (χ3n) is 2.12. The average molecular weight is 383 g/mol. The van der Waals surface area contributed by atoms with Crippen molar-refractivity contribution in [3.8, 4) is 0 Å². The molecular formula is C11H7BrCl2FN3S. The minimum Gasteiger partial charge on any atom is -0.253 e. The number of aromatic nitrogens is 1. The lowest BCUT2D eigenvalue weighted by molar-refractivity contribution is 0.625. The number of nitrogens with zero attached hydrogens (tertiary/aromatic N) is 2. The molecule has 1 aromatic carbocycles. The molecule has 0 atom stereocenters. The second kappa shape index (κ2) is 6.17. The summed E-state index contributed by atoms with van der Waals surface area (Å²) in [6.45, 7) is 1.87. The van der Waals surface area contributed by atoms with Gasteiger partial charge in [-0.2, -0.15) is 5.10 Å². The minimum atomic E-state index is -0.623. The summed E-state index contributed by atoms with van der Waals surface area (Å²) in [6.07, 6.45) is 1.27. The number of hydrazone groups is 1. The molecule has 0 saturated heterocycles. The Morgan fingerprint density at radius 3 is 2.89 bits per heavy atom. The fourth-order valence-corrected chi connectivity index (χ4v) is 2.82. The second-order valence-electron chi connectivity index (χ2n) is 3.55. The van der Waals surface area contributed by atoms with Crippen molar-refractivity contribution in [1.29, 1.82) is 0 Å². The molecule has 2 rings (SSSR count). The number of nitrogens with one attached hydrogen (secondary N) is 1. The van der Waals surface area contributed by atoms with E-state index in [9.17, 15) is 4.39 Å². The first-order valence-corrected chi connectivity index (χ1v) is 7.46. The van der Waals surface area contributed by atoms with E-state index in [1.165, 1.54) is 23.6 Å². The summed E-state index contributed by atoms with van der Waals surface area (Å²) in [7, 11) is 0. The molecule has 0 unspecified atom stereocenters. The summed E-state index contributed by atoms with van der Waals surface area (Å²) in [6, 6.07) is 1.52. The molecule has 1 aromatic heterocycles. The quantitative estimate of drug-likeness (QED) is 0.346. The summed E-state index contributed by atoms with van der Waals surface area (Å²) in [5, 5.41) is 6.57. The van der Waals surface area contributed by atoms with Crippen molar-refractivity contribution in [2.45, 2.75) is 6.92 Å². The number of thiazole rings is 1. The topological polar surface area (TPSA) is 37.3 Å². The molecule has 0 aliphatic rings. The van der Waals surface area contributed by atoms with Crippen LogP contribution in [-0.4, -0.2) is 11.2 Å². The van der Waals surface area contributed by atoms with E-state index in [-0.39, 0.29) is 15.6 Å². The van der Waals surface area contributed by atoms with Gasteiger partial charge in [-0.15, -0.1) is 11.3 Å². The third kappa shape index (κ3) is 3.45. The molecule has 19 heavy (non-hydrogen) atoms. The van der Waals surface area contributed by atoms with Gasteiger partial charge in [0, 0.05) is 9.85 Å². The van der Waals surface area contributed by atoms with Gasteiger partial charge in [-0.25, -0.2) is 9.37 Å². The molecule has 2 aromatic rings. The summed E-state index contributed by atoms with van der Waals surface area (Å²) in [5.74, 6) is -0.623. The molecule has 0 aliphatic carbocycles. The van der Waals surface area contributed by atoms with Crippen LogP contribution in [0.2, 0.25) is 10.0 Å². The molecule has 0 bridgehead atoms. The van der Waals surface area contributed by atoms with E-state index in [2.05, 4.69) is 31.4 Å². The first-order valence-electron chi connectivity index (χ1n) is 5.03. The highest BCUT2D eigenvalue weighted by Gasteiger charge is 2.13. The van der Waals surface area contributed by atoms with Gasteiger partial charge >= 0.3 is 0 Å². The molecule has 8 heteroatoms. The van der Waals surface area contributed by atoms with Crippen molar-refractivity contribution in [2.24, 2.45) is 5.10 Å². The van der Waals surface area contributed by atoms with Crippen molar-refractivity contribution < 1.29 is 4.39 Å². The molecular weight excluding hydrogens is 376 g/mol. The smallest absolute Gasteiger partial charge is 0.203 e. The van der Waals surface area contributed by atoms with E-state index in [0.717, 1.165) is 5.69 Å². The number of anilines is 1. The molecule has 1 N–H and O–H groups in total. The Kier molecular flexibility index (Phi) is 4.78. The van der Waals surface area contributed by atoms with Crippen LogP contribution in [0.4, 0.5) is 9.52 Å². The highest BCUT2D eigenvalue weighted by molar-refractivity contribution is 9.10. The van der Waals surface area contributed by atoms with Crippen LogP contribution in [0.1, 0.15) is 11.3 Å². The van der Waals surface area contributed by atoms with E-state index >= 15 is 0 Å². The number of halogens is 4. The number of rotatable bonds is 3. The van der Waals surface area contributed by atoms with Crippen molar-refractivity contribution in [3.63, 3.8) is 0 Å². The van der Waals surface area contributed by atoms with Gasteiger partial charge in [-0.1, -0.05) is 23.2 Å². The van der Waals surface area contributed by atoms with Crippen molar-refractivity contribution in [3.05, 3.63) is 43.0 Å². The standard InChI is InChI=1S/C11H7BrCl2FN3S/c1-5-4-19-11(17-5)18-16-3-6-8(13)2-7(12)9(14)10(6)15/h2-4H,1H3,(H,17,18). The van der Waals surface area contributed by atoms with Gasteiger partial charge in [0.05, 0.1) is 27.5 Å². The van der Waals surface area contributed by atoms with Crippen LogP contribution in [0.3, 0.4) is 0 Å². The van der Waals surface area contributed by atoms with Crippen LogP contribution in [0.5, 0.6) is 0 Å². The first-order chi connectivity index (χ1) is 8.99. The van der Waals surface area contributed by atoms with Gasteiger partial charge < -0.3 is 0 Å². The molecule has 0 saturated carbocycles. The van der Waals surface area contributed by atoms with Crippen LogP contribution in [-0.2, 0) is 0 Å². The SMILES string of the molecule is Cc1csc(NN=Cc2c(Cl)cc(Br)c(Cl)c2F)n1. The first kappa shape index (κ1) is 14.7. The molecule has 0 amide bonds. The van der Waals surface area contributed by atoms with Crippen LogP contribution in [0.15, 0.2) is 21.0 Å². The van der Waals surface area contributed by atoms with Crippen molar-refractivity contribution in [1.82, 2.24) is 4.98 Å². The highest BCUT2D eigenvalue weighted by atomic mass is 79.9. The van der Waals surface area contributed by atoms with Gasteiger partial charge in [-0.05, 0) is 28.9 Å². The Bertz CT molecular complexity index is 645. The largest absolute Gasteiger partial charge is 0.253 e. The van der Waals surface area contributed by atoms with E-state index in [1.54, 1.807) is 0 Å². The monoisotopic (exact) mass is 381 g/mol. The lowest BCUT2D eigenvalue weighted by Crippen LogP contribution is -1.95. The van der Waals surface area contributed by atoms with Crippen LogP contribution in [0, 0.1) is 12.7 Å². The molecule has 0 fully saturated rings. The van der Waals surface area contributed by atoms with Gasteiger partial charge in [-0.3, -0.25) is 5.43 Å². The molecule has 0 radical (unpaired) electrons. The van der Waals surface area contributed by atoms with Gasteiger partial charge in [0.25, 0.3) is 0 Å². The van der Waals surface area contributed by atoms with E-state index in [0.29, 0.717) is 9.60 Å². The Labute approximate surface area is 131 Å². The Balaban J connectivity index is 2.21. The number of hydrogen-bond acceptors (Lipinski definition) is 4. The van der Waals surface area contributed by atoms with Crippen molar-refractivity contribution in [2.75, 3.05) is 5.43 Å². The van der Waals surface area contributed by atoms with Crippen molar-refractivity contribution >= 4 is 61.8 Å². The van der Waals surface area contributed by atoms with E-state index in [4.69, 9.17) is 23.2 Å². The van der Waals surface area contributed by atoms with Crippen LogP contribution in [0.25, 0.3) is 0 Å². The van der Waals surface area contributed by atoms with Crippen LogP contribution >= 0.6 is 50.5 Å². The number of aryl methyl sites for hydroxylation is 1. The Hall–Kier alpha value is -0.690. The third-order valence-corrected chi connectivity index (χ3v) is 4.52. The zero-order chi connectivity index (χ0) is 14.0. The number of hydrogen-bond donors (Lipinski definition) is 1. The summed E-state index contributed by atoms with van der Waals surface area (Å²) >= 11 is 16.2. The maximum absolute atomic E-state index is 13.9. The molecule has 0 spiro atoms. The highest BCUT2D eigenvalue weighted by Crippen LogP contribution is 2.32. The predicted molar refractivity (Wildman–Crippen MR) is 82.2 cm³/mol. The maximum Gasteiger partial charge on any atom is 0.203 e. The summed E-state index contributed by atoms with van der Waals surface area (Å²) in [4.78, 5) is 4.15. The normalized spacial score (nSPS) is 11.2. The number of benzene rings is 1. The van der Waals surface area contributed by atoms with E-state index in [1.807, 2.05) is 12.3 Å². The maximum atomic E-state index is 13.9. The fraction of sp³-hybridized carbons (Fsp3) is 0.0909. The zero-order valence-corrected chi connectivity index (χ0v) is 13.5. The van der Waals surface area contributed by atoms with Crippen LogP contribution < -0.4 is 5.43 Å². The molecule has 3 nitrogen and oxygen atoms in total.